The number of nitrogen functional groups attached to an aromatic ring is 1. The maximum Gasteiger partial charge on any atom is 0.288 e. The first-order valence-corrected chi connectivity index (χ1v) is 5.17. The molecule has 90 valence electrons. The molecule has 0 unspecified atom stereocenters. The Balaban J connectivity index is 2.54. The summed E-state index contributed by atoms with van der Waals surface area (Å²) >= 11 is 0. The number of amidine groups is 1. The smallest absolute Gasteiger partial charge is 0.288 e. The van der Waals surface area contributed by atoms with E-state index in [4.69, 9.17) is 16.2 Å². The van der Waals surface area contributed by atoms with E-state index in [-0.39, 0.29) is 11.8 Å². The molecule has 0 saturated heterocycles. The summed E-state index contributed by atoms with van der Waals surface area (Å²) in [5.74, 6) is 0.0924. The van der Waals surface area contributed by atoms with Crippen LogP contribution in [0.1, 0.15) is 18.9 Å². The Kier molecular flexibility index (Phi) is 2.53. The van der Waals surface area contributed by atoms with Crippen LogP contribution in [0.15, 0.2) is 35.5 Å². The van der Waals surface area contributed by atoms with E-state index in [0.717, 1.165) is 0 Å². The minimum atomic E-state index is -0.821. The normalized spacial score (nSPS) is 24.1. The van der Waals surface area contributed by atoms with Crippen LogP contribution in [0.5, 0.6) is 0 Å². The Morgan fingerprint density at radius 3 is 2.82 bits per heavy atom. The summed E-state index contributed by atoms with van der Waals surface area (Å²) in [6.45, 7) is 5.47. The van der Waals surface area contributed by atoms with E-state index in [9.17, 15) is 4.39 Å². The van der Waals surface area contributed by atoms with Gasteiger partial charge in [0.05, 0.1) is 5.54 Å². The van der Waals surface area contributed by atoms with Gasteiger partial charge in [0.25, 0.3) is 6.02 Å². The molecule has 5 heteroatoms. The van der Waals surface area contributed by atoms with Gasteiger partial charge < -0.3 is 16.2 Å². The third-order valence-corrected chi connectivity index (χ3v) is 2.72. The summed E-state index contributed by atoms with van der Waals surface area (Å²) in [6, 6.07) is 4.37. The average molecular weight is 235 g/mol. The number of aliphatic imine (C=N–C) groups is 1. The van der Waals surface area contributed by atoms with Crippen LogP contribution in [-0.4, -0.2) is 6.02 Å². The van der Waals surface area contributed by atoms with Crippen molar-refractivity contribution in [3.8, 4) is 0 Å². The quantitative estimate of drug-likeness (QED) is 0.730. The summed E-state index contributed by atoms with van der Waals surface area (Å²) in [6.07, 6.45) is 0.369. The minimum absolute atomic E-state index is 0.00873. The molecule has 1 atom stereocenters. The van der Waals surface area contributed by atoms with Crippen LogP contribution in [-0.2, 0) is 10.3 Å². The molecule has 1 aliphatic rings. The molecule has 2 rings (SSSR count). The van der Waals surface area contributed by atoms with Crippen molar-refractivity contribution in [3.63, 3.8) is 0 Å². The highest BCUT2D eigenvalue weighted by Crippen LogP contribution is 2.37. The SMILES string of the molecule is C=C1C[C@@](C)(c2cc(N)ccc2F)N=C(N)O1. The lowest BCUT2D eigenvalue weighted by Gasteiger charge is -2.31. The van der Waals surface area contributed by atoms with Crippen LogP contribution < -0.4 is 11.5 Å². The fourth-order valence-electron chi connectivity index (χ4n) is 1.98. The van der Waals surface area contributed by atoms with Gasteiger partial charge in [0.2, 0.25) is 0 Å². The molecular weight excluding hydrogens is 221 g/mol. The zero-order valence-corrected chi connectivity index (χ0v) is 9.53. The lowest BCUT2D eigenvalue weighted by atomic mass is 9.87. The predicted octanol–water partition coefficient (Wildman–Crippen LogP) is 1.87. The fourth-order valence-corrected chi connectivity index (χ4v) is 1.98. The predicted molar refractivity (Wildman–Crippen MR) is 64.6 cm³/mol. The van der Waals surface area contributed by atoms with Crippen molar-refractivity contribution in [2.24, 2.45) is 10.7 Å². The second-order valence-corrected chi connectivity index (χ2v) is 4.28. The van der Waals surface area contributed by atoms with Gasteiger partial charge in [0.15, 0.2) is 0 Å². The number of anilines is 1. The Labute approximate surface area is 98.8 Å². The van der Waals surface area contributed by atoms with Crippen molar-refractivity contribution >= 4 is 11.7 Å². The molecule has 0 aromatic heterocycles. The minimum Gasteiger partial charge on any atom is -0.431 e. The molecule has 0 radical (unpaired) electrons. The van der Waals surface area contributed by atoms with Crippen molar-refractivity contribution < 1.29 is 9.13 Å². The maximum atomic E-state index is 13.8. The van der Waals surface area contributed by atoms with Gasteiger partial charge >= 0.3 is 0 Å². The molecule has 0 fully saturated rings. The number of hydrogen-bond acceptors (Lipinski definition) is 4. The molecule has 1 aromatic rings. The number of nitrogens with two attached hydrogens (primary N) is 2. The molecule has 17 heavy (non-hydrogen) atoms. The second kappa shape index (κ2) is 3.76. The highest BCUT2D eigenvalue weighted by molar-refractivity contribution is 5.74. The van der Waals surface area contributed by atoms with Crippen molar-refractivity contribution in [1.82, 2.24) is 0 Å². The Morgan fingerprint density at radius 2 is 2.18 bits per heavy atom. The molecule has 1 heterocycles. The molecule has 1 aromatic carbocycles. The molecule has 0 bridgehead atoms. The lowest BCUT2D eigenvalue weighted by Crippen LogP contribution is -2.33. The Bertz CT molecular complexity index is 512. The number of hydrogen-bond donors (Lipinski definition) is 2. The van der Waals surface area contributed by atoms with Crippen LogP contribution in [0.4, 0.5) is 10.1 Å². The van der Waals surface area contributed by atoms with Gasteiger partial charge in [-0.25, -0.2) is 9.38 Å². The highest BCUT2D eigenvalue weighted by Gasteiger charge is 2.34. The standard InChI is InChI=1S/C12H14FN3O/c1-7-6-12(2,16-11(15)17-7)9-5-8(14)3-4-10(9)13/h3-5H,1,6,14H2,2H3,(H2,15,16)/t12-/m0/s1. The monoisotopic (exact) mass is 235 g/mol. The van der Waals surface area contributed by atoms with Gasteiger partial charge in [-0.2, -0.15) is 0 Å². The van der Waals surface area contributed by atoms with Crippen molar-refractivity contribution in [2.75, 3.05) is 5.73 Å². The summed E-state index contributed by atoms with van der Waals surface area (Å²) in [7, 11) is 0. The molecular formula is C12H14FN3O. The van der Waals surface area contributed by atoms with Crippen LogP contribution in [0, 0.1) is 5.82 Å². The first-order chi connectivity index (χ1) is 7.90. The van der Waals surface area contributed by atoms with Gasteiger partial charge in [-0.1, -0.05) is 6.58 Å². The third kappa shape index (κ3) is 2.08. The zero-order valence-electron chi connectivity index (χ0n) is 9.53. The van der Waals surface area contributed by atoms with Crippen LogP contribution in [0.25, 0.3) is 0 Å². The van der Waals surface area contributed by atoms with Gasteiger partial charge in [0.1, 0.15) is 11.6 Å². The number of rotatable bonds is 1. The largest absolute Gasteiger partial charge is 0.431 e. The van der Waals surface area contributed by atoms with Crippen LogP contribution in [0.3, 0.4) is 0 Å². The second-order valence-electron chi connectivity index (χ2n) is 4.28. The van der Waals surface area contributed by atoms with E-state index in [1.54, 1.807) is 13.0 Å². The highest BCUT2D eigenvalue weighted by atomic mass is 19.1. The van der Waals surface area contributed by atoms with Crippen molar-refractivity contribution in [3.05, 3.63) is 41.9 Å². The van der Waals surface area contributed by atoms with Gasteiger partial charge in [-0.3, -0.25) is 0 Å². The van der Waals surface area contributed by atoms with E-state index in [1.165, 1.54) is 12.1 Å². The van der Waals surface area contributed by atoms with Crippen molar-refractivity contribution in [1.29, 1.82) is 0 Å². The molecule has 4 N–H and O–H groups in total. The van der Waals surface area contributed by atoms with Gasteiger partial charge in [-0.05, 0) is 25.1 Å². The van der Waals surface area contributed by atoms with Crippen molar-refractivity contribution in [2.45, 2.75) is 18.9 Å². The molecule has 0 aliphatic carbocycles. The Morgan fingerprint density at radius 1 is 1.47 bits per heavy atom. The van der Waals surface area contributed by atoms with E-state index in [2.05, 4.69) is 11.6 Å². The fraction of sp³-hybridized carbons (Fsp3) is 0.250. The van der Waals surface area contributed by atoms with E-state index < -0.39 is 5.54 Å². The molecule has 0 amide bonds. The van der Waals surface area contributed by atoms with Gasteiger partial charge in [0, 0.05) is 17.7 Å². The summed E-state index contributed by atoms with van der Waals surface area (Å²) < 4.78 is 18.9. The number of benzene rings is 1. The topological polar surface area (TPSA) is 73.6 Å². The number of nitrogens with zero attached hydrogens (tertiary/aromatic N) is 1. The first kappa shape index (κ1) is 11.4. The molecule has 0 spiro atoms. The molecule has 4 nitrogen and oxygen atoms in total. The average Bonchev–Trinajstić information content (AvgIpc) is 2.19. The first-order valence-electron chi connectivity index (χ1n) is 5.17. The molecule has 1 aliphatic heterocycles. The van der Waals surface area contributed by atoms with E-state index in [0.29, 0.717) is 23.4 Å². The van der Waals surface area contributed by atoms with Crippen LogP contribution >= 0.6 is 0 Å². The summed E-state index contributed by atoms with van der Waals surface area (Å²) in [5, 5.41) is 0. The van der Waals surface area contributed by atoms with E-state index in [1.807, 2.05) is 0 Å². The lowest BCUT2D eigenvalue weighted by molar-refractivity contribution is 0.293. The van der Waals surface area contributed by atoms with Gasteiger partial charge in [-0.15, -0.1) is 0 Å². The Hall–Kier alpha value is -2.04. The maximum absolute atomic E-state index is 13.8. The third-order valence-electron chi connectivity index (χ3n) is 2.72. The number of halogens is 1. The molecule has 0 saturated carbocycles. The van der Waals surface area contributed by atoms with Crippen LogP contribution in [0.2, 0.25) is 0 Å². The van der Waals surface area contributed by atoms with E-state index >= 15 is 0 Å². The summed E-state index contributed by atoms with van der Waals surface area (Å²) in [4.78, 5) is 4.15. The number of ether oxygens (including phenoxy) is 1. The zero-order chi connectivity index (χ0) is 12.6. The summed E-state index contributed by atoms with van der Waals surface area (Å²) in [5.41, 5.74) is 11.3.